The van der Waals surface area contributed by atoms with Crippen LogP contribution < -0.4 is 5.32 Å². The molecular weight excluding hydrogens is 304 g/mol. The normalized spacial score (nSPS) is 20.6. The maximum absolute atomic E-state index is 14.0. The summed E-state index contributed by atoms with van der Waals surface area (Å²) in [6.45, 7) is 0.0531. The van der Waals surface area contributed by atoms with Gasteiger partial charge in [0.1, 0.15) is 11.6 Å². The molecule has 1 aliphatic heterocycles. The lowest BCUT2D eigenvalue weighted by Gasteiger charge is -2.25. The number of β-amino-alcohol motifs (C(OH)–C–C–N with tert-alkyl or cyclic N) is 1. The van der Waals surface area contributed by atoms with Crippen molar-refractivity contribution in [3.05, 3.63) is 59.9 Å². The third-order valence-corrected chi connectivity index (χ3v) is 3.79. The van der Waals surface area contributed by atoms with Crippen LogP contribution in [0.2, 0.25) is 0 Å². The Hall–Kier alpha value is -2.54. The number of rotatable bonds is 2. The molecule has 2 unspecified atom stereocenters. The molecule has 2 heterocycles. The zero-order valence-electron chi connectivity index (χ0n) is 12.1. The fourth-order valence-corrected chi connectivity index (χ4v) is 2.73. The molecule has 0 aliphatic carbocycles. The Bertz CT molecular complexity index is 712. The van der Waals surface area contributed by atoms with Gasteiger partial charge in [-0.2, -0.15) is 0 Å². The van der Waals surface area contributed by atoms with Gasteiger partial charge in [0, 0.05) is 30.2 Å². The quantitative estimate of drug-likeness (QED) is 0.894. The van der Waals surface area contributed by atoms with Crippen molar-refractivity contribution in [2.75, 3.05) is 11.9 Å². The van der Waals surface area contributed by atoms with E-state index >= 15 is 0 Å². The minimum atomic E-state index is -0.786. The number of likely N-dealkylation sites (tertiary alicyclic amines) is 1. The Morgan fingerprint density at radius 1 is 1.26 bits per heavy atom. The summed E-state index contributed by atoms with van der Waals surface area (Å²) in [4.78, 5) is 17.6. The van der Waals surface area contributed by atoms with E-state index < -0.39 is 29.8 Å². The highest BCUT2D eigenvalue weighted by Gasteiger charge is 2.37. The van der Waals surface area contributed by atoms with Gasteiger partial charge in [0.2, 0.25) is 0 Å². The first kappa shape index (κ1) is 15.4. The van der Waals surface area contributed by atoms with Crippen LogP contribution in [0.4, 0.5) is 19.3 Å². The van der Waals surface area contributed by atoms with Crippen LogP contribution in [0, 0.1) is 11.6 Å². The molecule has 1 aromatic carbocycles. The number of hydrogen-bond donors (Lipinski definition) is 2. The Kier molecular flexibility index (Phi) is 4.20. The predicted octanol–water partition coefficient (Wildman–Crippen LogP) is 2.70. The van der Waals surface area contributed by atoms with E-state index in [1.54, 1.807) is 12.1 Å². The number of aliphatic hydroxyl groups excluding tert-OH is 1. The molecule has 2 amide bonds. The molecule has 3 rings (SSSR count). The Labute approximate surface area is 131 Å². The van der Waals surface area contributed by atoms with Crippen molar-refractivity contribution in [3.8, 4) is 0 Å². The summed E-state index contributed by atoms with van der Waals surface area (Å²) < 4.78 is 27.4. The van der Waals surface area contributed by atoms with E-state index in [4.69, 9.17) is 0 Å². The number of hydrogen-bond acceptors (Lipinski definition) is 3. The average molecular weight is 319 g/mol. The summed E-state index contributed by atoms with van der Waals surface area (Å²) in [5, 5.41) is 12.5. The first-order valence-electron chi connectivity index (χ1n) is 7.15. The molecule has 1 saturated heterocycles. The molecule has 1 fully saturated rings. The number of anilines is 1. The zero-order valence-corrected chi connectivity index (χ0v) is 12.1. The van der Waals surface area contributed by atoms with Gasteiger partial charge in [-0.05, 0) is 36.8 Å². The van der Waals surface area contributed by atoms with Gasteiger partial charge in [-0.25, -0.2) is 13.6 Å². The number of amides is 2. The van der Waals surface area contributed by atoms with E-state index in [1.807, 2.05) is 0 Å². The van der Waals surface area contributed by atoms with Crippen molar-refractivity contribution < 1.29 is 18.7 Å². The van der Waals surface area contributed by atoms with Gasteiger partial charge in [0.05, 0.1) is 12.1 Å². The van der Waals surface area contributed by atoms with Crippen LogP contribution in [0.5, 0.6) is 0 Å². The Balaban J connectivity index is 1.85. The highest BCUT2D eigenvalue weighted by atomic mass is 19.1. The lowest BCUT2D eigenvalue weighted by Crippen LogP contribution is -2.35. The molecule has 2 aromatic rings. The molecule has 7 heteroatoms. The molecule has 23 heavy (non-hydrogen) atoms. The summed E-state index contributed by atoms with van der Waals surface area (Å²) in [7, 11) is 0. The summed E-state index contributed by atoms with van der Waals surface area (Å²) in [6.07, 6.45) is 2.42. The number of urea groups is 1. The first-order chi connectivity index (χ1) is 11.0. The van der Waals surface area contributed by atoms with E-state index in [2.05, 4.69) is 10.3 Å². The summed E-state index contributed by atoms with van der Waals surface area (Å²) in [6, 6.07) is 5.12. The van der Waals surface area contributed by atoms with Crippen molar-refractivity contribution in [3.63, 3.8) is 0 Å². The SMILES string of the molecule is O=C(Nc1ccncc1)N1CC(O)CC1c1cc(F)ccc1F. The van der Waals surface area contributed by atoms with Crippen molar-refractivity contribution in [1.29, 1.82) is 0 Å². The Morgan fingerprint density at radius 2 is 2.00 bits per heavy atom. The predicted molar refractivity (Wildman–Crippen MR) is 79.7 cm³/mol. The molecular formula is C16H15F2N3O2. The van der Waals surface area contributed by atoms with Gasteiger partial charge in [-0.15, -0.1) is 0 Å². The maximum atomic E-state index is 14.0. The first-order valence-corrected chi connectivity index (χ1v) is 7.15. The number of nitrogens with one attached hydrogen (secondary N) is 1. The van der Waals surface area contributed by atoms with Gasteiger partial charge in [-0.3, -0.25) is 4.98 Å². The van der Waals surface area contributed by atoms with Crippen molar-refractivity contribution >= 4 is 11.7 Å². The molecule has 120 valence electrons. The highest BCUT2D eigenvalue weighted by Crippen LogP contribution is 2.34. The largest absolute Gasteiger partial charge is 0.391 e. The number of nitrogens with zero attached hydrogens (tertiary/aromatic N) is 2. The third-order valence-electron chi connectivity index (χ3n) is 3.79. The van der Waals surface area contributed by atoms with Gasteiger partial charge in [-0.1, -0.05) is 0 Å². The standard InChI is InChI=1S/C16H15F2N3O2/c17-10-1-2-14(18)13(7-10)15-8-12(22)9-21(15)16(23)20-11-3-5-19-6-4-11/h1-7,12,15,22H,8-9H2,(H,19,20,23). The van der Waals surface area contributed by atoms with Crippen molar-refractivity contribution in [2.24, 2.45) is 0 Å². The Morgan fingerprint density at radius 3 is 2.74 bits per heavy atom. The van der Waals surface area contributed by atoms with Crippen LogP contribution in [-0.4, -0.2) is 33.7 Å². The molecule has 1 aliphatic rings. The lowest BCUT2D eigenvalue weighted by atomic mass is 10.0. The van der Waals surface area contributed by atoms with E-state index in [0.717, 1.165) is 18.2 Å². The average Bonchev–Trinajstić information content (AvgIpc) is 2.92. The fraction of sp³-hybridized carbons (Fsp3) is 0.250. The monoisotopic (exact) mass is 319 g/mol. The van der Waals surface area contributed by atoms with Crippen molar-refractivity contribution in [1.82, 2.24) is 9.88 Å². The highest BCUT2D eigenvalue weighted by molar-refractivity contribution is 5.89. The number of carbonyl (C=O) groups excluding carboxylic acids is 1. The molecule has 0 radical (unpaired) electrons. The number of carbonyl (C=O) groups is 1. The second kappa shape index (κ2) is 6.29. The van der Waals surface area contributed by atoms with Crippen LogP contribution in [0.15, 0.2) is 42.7 Å². The van der Waals surface area contributed by atoms with E-state index in [-0.39, 0.29) is 18.5 Å². The van der Waals surface area contributed by atoms with Gasteiger partial charge in [0.25, 0.3) is 0 Å². The van der Waals surface area contributed by atoms with Crippen LogP contribution in [0.3, 0.4) is 0 Å². The number of aliphatic hydroxyl groups is 1. The number of aromatic nitrogens is 1. The van der Waals surface area contributed by atoms with E-state index in [9.17, 15) is 18.7 Å². The lowest BCUT2D eigenvalue weighted by molar-refractivity contribution is 0.175. The molecule has 1 aromatic heterocycles. The third kappa shape index (κ3) is 3.29. The second-order valence-corrected chi connectivity index (χ2v) is 5.39. The van der Waals surface area contributed by atoms with E-state index in [1.165, 1.54) is 17.3 Å². The van der Waals surface area contributed by atoms with E-state index in [0.29, 0.717) is 5.69 Å². The molecule has 2 N–H and O–H groups in total. The van der Waals surface area contributed by atoms with Gasteiger partial charge < -0.3 is 15.3 Å². The maximum Gasteiger partial charge on any atom is 0.322 e. The van der Waals surface area contributed by atoms with Gasteiger partial charge >= 0.3 is 6.03 Å². The second-order valence-electron chi connectivity index (χ2n) is 5.39. The molecule has 0 spiro atoms. The van der Waals surface area contributed by atoms with Gasteiger partial charge in [0.15, 0.2) is 0 Å². The van der Waals surface area contributed by atoms with Crippen LogP contribution in [-0.2, 0) is 0 Å². The molecule has 0 bridgehead atoms. The number of benzene rings is 1. The summed E-state index contributed by atoms with van der Waals surface area (Å²) in [5.41, 5.74) is 0.594. The minimum absolute atomic E-state index is 0.0531. The topological polar surface area (TPSA) is 65.5 Å². The number of halogens is 2. The number of pyridine rings is 1. The smallest absolute Gasteiger partial charge is 0.322 e. The van der Waals surface area contributed by atoms with Crippen LogP contribution in [0.25, 0.3) is 0 Å². The van der Waals surface area contributed by atoms with Crippen molar-refractivity contribution in [2.45, 2.75) is 18.6 Å². The fourth-order valence-electron chi connectivity index (χ4n) is 2.73. The molecule has 0 saturated carbocycles. The molecule has 2 atom stereocenters. The minimum Gasteiger partial charge on any atom is -0.391 e. The summed E-state index contributed by atoms with van der Waals surface area (Å²) >= 11 is 0. The van der Waals surface area contributed by atoms with Crippen LogP contribution >= 0.6 is 0 Å². The summed E-state index contributed by atoms with van der Waals surface area (Å²) in [5.74, 6) is -1.19. The zero-order chi connectivity index (χ0) is 16.4. The van der Waals surface area contributed by atoms with Crippen LogP contribution in [0.1, 0.15) is 18.0 Å². The molecule has 5 nitrogen and oxygen atoms in total.